The molecule has 2 N–H and O–H groups in total. The lowest BCUT2D eigenvalue weighted by atomic mass is 9.75. The summed E-state index contributed by atoms with van der Waals surface area (Å²) in [4.78, 5) is 21.1. The van der Waals surface area contributed by atoms with Gasteiger partial charge in [-0.1, -0.05) is 12.1 Å². The minimum absolute atomic E-state index is 0.0490. The zero-order valence-corrected chi connectivity index (χ0v) is 18.9. The monoisotopic (exact) mass is 500 g/mol. The van der Waals surface area contributed by atoms with Crippen molar-refractivity contribution in [3.8, 4) is 0 Å². The Morgan fingerprint density at radius 3 is 2.40 bits per heavy atom. The molecule has 3 aromatic rings. The highest BCUT2D eigenvalue weighted by Gasteiger charge is 2.61. The molecule has 188 valence electrons. The van der Waals surface area contributed by atoms with Crippen molar-refractivity contribution in [3.63, 3.8) is 0 Å². The quantitative estimate of drug-likeness (QED) is 0.480. The van der Waals surface area contributed by atoms with Crippen LogP contribution in [0.25, 0.3) is 10.9 Å². The van der Waals surface area contributed by atoms with Crippen LogP contribution in [0.2, 0.25) is 0 Å². The second-order valence-corrected chi connectivity index (χ2v) is 8.91. The summed E-state index contributed by atoms with van der Waals surface area (Å²) in [6.45, 7) is 4.60. The van der Waals surface area contributed by atoms with Gasteiger partial charge in [-0.2, -0.15) is 26.3 Å². The number of benzene rings is 1. The number of alkyl halides is 6. The molecule has 4 rings (SSSR count). The standard InChI is InChI=1S/C23H22F6N4O2/c1-11-15(5-4-6-17(11)22(24,25)26)12(2)30-20-16-10-33(14-8-21(35,9-14)23(27,28)29)19(34)7-18(16)31-13(3)32-20/h4-7,10,12,14,35H,8-9H2,1-3H3,(H,30,31,32)/t12-,14?,21?/m1/s1. The van der Waals surface area contributed by atoms with Crippen LogP contribution in [0.3, 0.4) is 0 Å². The predicted octanol–water partition coefficient (Wildman–Crippen LogP) is 5.23. The van der Waals surface area contributed by atoms with Crippen LogP contribution >= 0.6 is 0 Å². The van der Waals surface area contributed by atoms with E-state index >= 15 is 0 Å². The van der Waals surface area contributed by atoms with Gasteiger partial charge in [-0.3, -0.25) is 4.79 Å². The van der Waals surface area contributed by atoms with Gasteiger partial charge in [0.1, 0.15) is 11.6 Å². The van der Waals surface area contributed by atoms with E-state index < -0.39 is 54.0 Å². The number of aliphatic hydroxyl groups is 1. The lowest BCUT2D eigenvalue weighted by Crippen LogP contribution is -2.56. The fourth-order valence-corrected chi connectivity index (χ4v) is 4.49. The maximum Gasteiger partial charge on any atom is 0.417 e. The molecule has 0 bridgehead atoms. The van der Waals surface area contributed by atoms with Crippen molar-refractivity contribution in [1.82, 2.24) is 14.5 Å². The van der Waals surface area contributed by atoms with Crippen molar-refractivity contribution in [2.45, 2.75) is 63.7 Å². The van der Waals surface area contributed by atoms with Gasteiger partial charge < -0.3 is 15.0 Å². The largest absolute Gasteiger partial charge is 0.417 e. The number of hydrogen-bond donors (Lipinski definition) is 2. The van der Waals surface area contributed by atoms with Crippen molar-refractivity contribution in [3.05, 3.63) is 63.3 Å². The molecule has 0 saturated heterocycles. The predicted molar refractivity (Wildman–Crippen MR) is 116 cm³/mol. The second-order valence-electron chi connectivity index (χ2n) is 8.91. The minimum atomic E-state index is -4.81. The maximum absolute atomic E-state index is 13.3. The average Bonchev–Trinajstić information content (AvgIpc) is 2.69. The van der Waals surface area contributed by atoms with Gasteiger partial charge >= 0.3 is 12.4 Å². The van der Waals surface area contributed by atoms with E-state index in [0.717, 1.165) is 10.6 Å². The smallest absolute Gasteiger partial charge is 0.380 e. The molecule has 1 atom stereocenters. The van der Waals surface area contributed by atoms with Gasteiger partial charge in [-0.15, -0.1) is 0 Å². The van der Waals surface area contributed by atoms with Gasteiger partial charge in [0.05, 0.1) is 22.5 Å². The number of aryl methyl sites for hydroxylation is 1. The van der Waals surface area contributed by atoms with Crippen LogP contribution in [0.5, 0.6) is 0 Å². The fourth-order valence-electron chi connectivity index (χ4n) is 4.49. The number of hydrogen-bond acceptors (Lipinski definition) is 5. The Kier molecular flexibility index (Phi) is 5.86. The molecule has 1 fully saturated rings. The van der Waals surface area contributed by atoms with E-state index in [1.54, 1.807) is 19.9 Å². The van der Waals surface area contributed by atoms with Crippen molar-refractivity contribution >= 4 is 16.7 Å². The number of pyridine rings is 1. The highest BCUT2D eigenvalue weighted by Crippen LogP contribution is 2.50. The third-order valence-electron chi connectivity index (χ3n) is 6.44. The van der Waals surface area contributed by atoms with Gasteiger partial charge in [0.2, 0.25) is 0 Å². The summed E-state index contributed by atoms with van der Waals surface area (Å²) in [5, 5.41) is 13.1. The molecule has 2 heterocycles. The summed E-state index contributed by atoms with van der Waals surface area (Å²) >= 11 is 0. The summed E-state index contributed by atoms with van der Waals surface area (Å²) in [6, 6.07) is 3.52. The zero-order valence-electron chi connectivity index (χ0n) is 18.9. The molecule has 0 spiro atoms. The third-order valence-corrected chi connectivity index (χ3v) is 6.44. The molecular formula is C23H22F6N4O2. The molecule has 1 aromatic carbocycles. The summed E-state index contributed by atoms with van der Waals surface area (Å²) in [5.41, 5.74) is -3.54. The summed E-state index contributed by atoms with van der Waals surface area (Å²) < 4.78 is 80.2. The normalized spacial score (nSPS) is 21.6. The van der Waals surface area contributed by atoms with E-state index in [-0.39, 0.29) is 16.9 Å². The molecule has 12 heteroatoms. The van der Waals surface area contributed by atoms with E-state index in [0.29, 0.717) is 16.8 Å². The maximum atomic E-state index is 13.3. The van der Waals surface area contributed by atoms with Crippen LogP contribution in [0.4, 0.5) is 32.2 Å². The Labute approximate surface area is 195 Å². The molecule has 0 unspecified atom stereocenters. The molecule has 2 aromatic heterocycles. The van der Waals surface area contributed by atoms with Crippen molar-refractivity contribution in [2.24, 2.45) is 0 Å². The lowest BCUT2D eigenvalue weighted by molar-refractivity contribution is -0.296. The number of fused-ring (bicyclic) bond motifs is 1. The molecule has 0 aliphatic heterocycles. The first kappa shape index (κ1) is 25.0. The number of nitrogens with one attached hydrogen (secondary N) is 1. The average molecular weight is 500 g/mol. The van der Waals surface area contributed by atoms with E-state index in [2.05, 4.69) is 15.3 Å². The first-order valence-corrected chi connectivity index (χ1v) is 10.7. The number of halogens is 6. The Balaban J connectivity index is 1.71. The topological polar surface area (TPSA) is 80.0 Å². The molecule has 1 aliphatic carbocycles. The number of rotatable bonds is 4. The van der Waals surface area contributed by atoms with Gasteiger partial charge in [-0.25, -0.2) is 9.97 Å². The number of nitrogens with zero attached hydrogens (tertiary/aromatic N) is 3. The summed E-state index contributed by atoms with van der Waals surface area (Å²) in [5.74, 6) is 0.510. The Bertz CT molecular complexity index is 1340. The molecule has 6 nitrogen and oxygen atoms in total. The van der Waals surface area contributed by atoms with Gasteiger partial charge in [0, 0.05) is 31.1 Å². The van der Waals surface area contributed by atoms with Crippen LogP contribution in [0, 0.1) is 13.8 Å². The lowest BCUT2D eigenvalue weighted by Gasteiger charge is -2.44. The number of anilines is 1. The Morgan fingerprint density at radius 1 is 1.14 bits per heavy atom. The summed E-state index contributed by atoms with van der Waals surface area (Å²) in [7, 11) is 0. The first-order chi connectivity index (χ1) is 16.1. The van der Waals surface area contributed by atoms with Crippen LogP contribution in [0.15, 0.2) is 35.3 Å². The Morgan fingerprint density at radius 2 is 1.80 bits per heavy atom. The molecule has 0 amide bonds. The molecule has 0 radical (unpaired) electrons. The van der Waals surface area contributed by atoms with Crippen LogP contribution in [-0.2, 0) is 6.18 Å². The zero-order chi connectivity index (χ0) is 25.9. The Hall–Kier alpha value is -3.15. The highest BCUT2D eigenvalue weighted by molar-refractivity contribution is 5.88. The van der Waals surface area contributed by atoms with E-state index in [1.165, 1.54) is 25.3 Å². The molecular weight excluding hydrogens is 478 g/mol. The molecule has 35 heavy (non-hydrogen) atoms. The van der Waals surface area contributed by atoms with Gasteiger partial charge in [-0.05, 0) is 38.0 Å². The third kappa shape index (κ3) is 4.46. The van der Waals surface area contributed by atoms with E-state index in [1.807, 2.05) is 0 Å². The molecule has 1 saturated carbocycles. The van der Waals surface area contributed by atoms with Crippen LogP contribution < -0.4 is 10.9 Å². The van der Waals surface area contributed by atoms with E-state index in [4.69, 9.17) is 0 Å². The van der Waals surface area contributed by atoms with Gasteiger partial charge in [0.15, 0.2) is 5.60 Å². The second kappa shape index (κ2) is 8.21. The SMILES string of the molecule is Cc1nc(N[C@H](C)c2cccc(C(F)(F)F)c2C)c2cn(C3CC(O)(C(F)(F)F)C3)c(=O)cc2n1. The van der Waals surface area contributed by atoms with Gasteiger partial charge in [0.25, 0.3) is 5.56 Å². The van der Waals surface area contributed by atoms with Crippen molar-refractivity contribution in [2.75, 3.05) is 5.32 Å². The highest BCUT2D eigenvalue weighted by atomic mass is 19.4. The van der Waals surface area contributed by atoms with Crippen LogP contribution in [0.1, 0.15) is 54.4 Å². The molecule has 1 aliphatic rings. The van der Waals surface area contributed by atoms with Crippen molar-refractivity contribution < 1.29 is 31.4 Å². The van der Waals surface area contributed by atoms with Crippen LogP contribution in [-0.4, -0.2) is 31.4 Å². The number of aromatic nitrogens is 3. The summed E-state index contributed by atoms with van der Waals surface area (Å²) in [6.07, 6.45) is -9.34. The van der Waals surface area contributed by atoms with E-state index in [9.17, 15) is 36.2 Å². The first-order valence-electron chi connectivity index (χ1n) is 10.7. The van der Waals surface area contributed by atoms with Crippen molar-refractivity contribution in [1.29, 1.82) is 0 Å². The minimum Gasteiger partial charge on any atom is -0.380 e. The fraction of sp³-hybridized carbons (Fsp3) is 0.435.